The van der Waals surface area contributed by atoms with Gasteiger partial charge >= 0.3 is 0 Å². The van der Waals surface area contributed by atoms with E-state index in [2.05, 4.69) is 38.0 Å². The van der Waals surface area contributed by atoms with Crippen LogP contribution >= 0.6 is 0 Å². The van der Waals surface area contributed by atoms with Gasteiger partial charge in [0.25, 0.3) is 0 Å². The lowest BCUT2D eigenvalue weighted by molar-refractivity contribution is 0.298. The number of nitrogens with one attached hydrogen (secondary N) is 1. The van der Waals surface area contributed by atoms with Crippen LogP contribution in [0.15, 0.2) is 35.3 Å². The number of nitrogens with zero attached hydrogens (tertiary/aromatic N) is 1. The van der Waals surface area contributed by atoms with Crippen molar-refractivity contribution in [3.63, 3.8) is 0 Å². The third-order valence-corrected chi connectivity index (χ3v) is 2.68. The molecule has 0 heterocycles. The van der Waals surface area contributed by atoms with E-state index < -0.39 is 0 Å². The van der Waals surface area contributed by atoms with Crippen molar-refractivity contribution in [3.8, 4) is 0 Å². The fourth-order valence-corrected chi connectivity index (χ4v) is 2.18. The molecule has 0 amide bonds. The summed E-state index contributed by atoms with van der Waals surface area (Å²) in [6.07, 6.45) is 1.15. The van der Waals surface area contributed by atoms with E-state index in [1.165, 1.54) is 0 Å². The highest BCUT2D eigenvalue weighted by molar-refractivity contribution is 5.92. The number of rotatable bonds is 5. The van der Waals surface area contributed by atoms with E-state index in [1.54, 1.807) is 0 Å². The molecule has 0 aliphatic heterocycles. The zero-order chi connectivity index (χ0) is 13.6. The maximum Gasteiger partial charge on any atom is 0.193 e. The van der Waals surface area contributed by atoms with Gasteiger partial charge in [0.15, 0.2) is 5.96 Å². The van der Waals surface area contributed by atoms with E-state index in [1.807, 2.05) is 30.3 Å². The lowest BCUT2D eigenvalue weighted by Gasteiger charge is -2.24. The third kappa shape index (κ3) is 5.71. The Morgan fingerprint density at radius 2 is 1.89 bits per heavy atom. The molecule has 1 aromatic rings. The Morgan fingerprint density at radius 1 is 1.28 bits per heavy atom. The first-order valence-electron chi connectivity index (χ1n) is 6.51. The molecule has 0 unspecified atom stereocenters. The summed E-state index contributed by atoms with van der Waals surface area (Å²) in [6.45, 7) is 9.67. The Labute approximate surface area is 111 Å². The fraction of sp³-hybridized carbons (Fsp3) is 0.533. The minimum atomic E-state index is 0.192. The molecule has 18 heavy (non-hydrogen) atoms. The van der Waals surface area contributed by atoms with Gasteiger partial charge in [0.05, 0.1) is 0 Å². The van der Waals surface area contributed by atoms with E-state index in [0.29, 0.717) is 11.9 Å². The van der Waals surface area contributed by atoms with Gasteiger partial charge in [-0.05, 0) is 29.9 Å². The first-order valence-corrected chi connectivity index (χ1v) is 6.51. The number of aliphatic imine (C=N–C) groups is 1. The third-order valence-electron chi connectivity index (χ3n) is 2.68. The highest BCUT2D eigenvalue weighted by Crippen LogP contribution is 2.25. The molecule has 3 N–H and O–H groups in total. The van der Waals surface area contributed by atoms with Crippen LogP contribution in [0.3, 0.4) is 0 Å². The summed E-state index contributed by atoms with van der Waals surface area (Å²) in [4.78, 5) is 4.43. The smallest absolute Gasteiger partial charge is 0.193 e. The molecule has 0 saturated carbocycles. The maximum atomic E-state index is 5.88. The van der Waals surface area contributed by atoms with Crippen molar-refractivity contribution in [2.45, 2.75) is 34.1 Å². The van der Waals surface area contributed by atoms with Gasteiger partial charge in [0.1, 0.15) is 0 Å². The van der Waals surface area contributed by atoms with E-state index in [4.69, 9.17) is 5.73 Å². The van der Waals surface area contributed by atoms with Gasteiger partial charge in [-0.25, -0.2) is 0 Å². The molecule has 0 radical (unpaired) electrons. The lowest BCUT2D eigenvalue weighted by atomic mass is 9.84. The number of nitrogens with two attached hydrogens (primary N) is 1. The number of benzene rings is 1. The van der Waals surface area contributed by atoms with Crippen LogP contribution in [-0.4, -0.2) is 12.5 Å². The molecule has 100 valence electrons. The standard InChI is InChI=1S/C15H25N3/c1-12(2)10-15(3,4)11-17-14(16)18-13-8-6-5-7-9-13/h5-9,12H,10-11H2,1-4H3,(H3,16,17,18). The van der Waals surface area contributed by atoms with Crippen LogP contribution in [0.25, 0.3) is 0 Å². The predicted molar refractivity (Wildman–Crippen MR) is 79.8 cm³/mol. The highest BCUT2D eigenvalue weighted by Gasteiger charge is 2.18. The van der Waals surface area contributed by atoms with Crippen LogP contribution in [-0.2, 0) is 0 Å². The molecule has 0 bridgehead atoms. The van der Waals surface area contributed by atoms with Crippen LogP contribution in [0, 0.1) is 11.3 Å². The minimum absolute atomic E-state index is 0.192. The SMILES string of the molecule is CC(C)CC(C)(C)CN=C(N)Nc1ccccc1. The lowest BCUT2D eigenvalue weighted by Crippen LogP contribution is -2.26. The Hall–Kier alpha value is -1.51. The second-order valence-electron chi connectivity index (χ2n) is 5.95. The Kier molecular flexibility index (Phi) is 5.20. The van der Waals surface area contributed by atoms with Crippen molar-refractivity contribution < 1.29 is 0 Å². The Bertz CT molecular complexity index is 380. The quantitative estimate of drug-likeness (QED) is 0.618. The van der Waals surface area contributed by atoms with Crippen molar-refractivity contribution >= 4 is 11.6 Å². The molecule has 0 saturated heterocycles. The molecule has 0 aromatic heterocycles. The van der Waals surface area contributed by atoms with Gasteiger partial charge in [-0.15, -0.1) is 0 Å². The topological polar surface area (TPSA) is 50.4 Å². The molecule has 1 rings (SSSR count). The molecule has 1 aromatic carbocycles. The van der Waals surface area contributed by atoms with Crippen molar-refractivity contribution in [2.24, 2.45) is 22.1 Å². The molecule has 0 fully saturated rings. The van der Waals surface area contributed by atoms with Crippen LogP contribution in [0.1, 0.15) is 34.1 Å². The van der Waals surface area contributed by atoms with Gasteiger partial charge in [0, 0.05) is 12.2 Å². The van der Waals surface area contributed by atoms with Crippen molar-refractivity contribution in [1.82, 2.24) is 0 Å². The predicted octanol–water partition coefficient (Wildman–Crippen LogP) is 3.49. The van der Waals surface area contributed by atoms with E-state index in [0.717, 1.165) is 18.7 Å². The monoisotopic (exact) mass is 247 g/mol. The van der Waals surface area contributed by atoms with Gasteiger partial charge in [-0.2, -0.15) is 0 Å². The van der Waals surface area contributed by atoms with Crippen LogP contribution in [0.5, 0.6) is 0 Å². The highest BCUT2D eigenvalue weighted by atomic mass is 15.1. The molecular formula is C15H25N3. The van der Waals surface area contributed by atoms with E-state index >= 15 is 0 Å². The maximum absolute atomic E-state index is 5.88. The number of anilines is 1. The second kappa shape index (κ2) is 6.43. The molecular weight excluding hydrogens is 222 g/mol. The van der Waals surface area contributed by atoms with Crippen molar-refractivity contribution in [2.75, 3.05) is 11.9 Å². The number of hydrogen-bond acceptors (Lipinski definition) is 1. The summed E-state index contributed by atoms with van der Waals surface area (Å²) in [5.74, 6) is 1.16. The summed E-state index contributed by atoms with van der Waals surface area (Å²) in [6, 6.07) is 9.87. The molecule has 0 aliphatic carbocycles. The normalized spacial score (nSPS) is 12.8. The largest absolute Gasteiger partial charge is 0.370 e. The first kappa shape index (κ1) is 14.6. The summed E-state index contributed by atoms with van der Waals surface area (Å²) in [5.41, 5.74) is 7.05. The summed E-state index contributed by atoms with van der Waals surface area (Å²) in [7, 11) is 0. The zero-order valence-corrected chi connectivity index (χ0v) is 11.9. The molecule has 0 spiro atoms. The van der Waals surface area contributed by atoms with Gasteiger partial charge < -0.3 is 11.1 Å². The number of hydrogen-bond donors (Lipinski definition) is 2. The first-order chi connectivity index (χ1) is 8.39. The van der Waals surface area contributed by atoms with Gasteiger partial charge in [-0.1, -0.05) is 45.9 Å². The molecule has 0 atom stereocenters. The Balaban J connectivity index is 2.52. The van der Waals surface area contributed by atoms with E-state index in [9.17, 15) is 0 Å². The fourth-order valence-electron chi connectivity index (χ4n) is 2.18. The molecule has 3 heteroatoms. The average Bonchev–Trinajstić information content (AvgIpc) is 2.26. The average molecular weight is 247 g/mol. The number of guanidine groups is 1. The Morgan fingerprint density at radius 3 is 2.44 bits per heavy atom. The number of para-hydroxylation sites is 1. The van der Waals surface area contributed by atoms with Gasteiger partial charge in [-0.3, -0.25) is 4.99 Å². The molecule has 3 nitrogen and oxygen atoms in total. The van der Waals surface area contributed by atoms with Crippen LogP contribution < -0.4 is 11.1 Å². The summed E-state index contributed by atoms with van der Waals surface area (Å²) < 4.78 is 0. The van der Waals surface area contributed by atoms with Crippen LogP contribution in [0.4, 0.5) is 5.69 Å². The molecule has 0 aliphatic rings. The second-order valence-corrected chi connectivity index (χ2v) is 5.95. The zero-order valence-electron chi connectivity index (χ0n) is 11.9. The summed E-state index contributed by atoms with van der Waals surface area (Å²) in [5, 5.41) is 3.10. The minimum Gasteiger partial charge on any atom is -0.370 e. The van der Waals surface area contributed by atoms with Gasteiger partial charge in [0.2, 0.25) is 0 Å². The van der Waals surface area contributed by atoms with E-state index in [-0.39, 0.29) is 5.41 Å². The van der Waals surface area contributed by atoms with Crippen LogP contribution in [0.2, 0.25) is 0 Å². The van der Waals surface area contributed by atoms with Crippen molar-refractivity contribution in [3.05, 3.63) is 30.3 Å². The van der Waals surface area contributed by atoms with Crippen molar-refractivity contribution in [1.29, 1.82) is 0 Å². The summed E-state index contributed by atoms with van der Waals surface area (Å²) >= 11 is 0.